The van der Waals surface area contributed by atoms with E-state index in [0.717, 1.165) is 28.2 Å². The van der Waals surface area contributed by atoms with E-state index in [2.05, 4.69) is 5.32 Å². The van der Waals surface area contributed by atoms with Gasteiger partial charge in [-0.15, -0.1) is 11.8 Å². The molecule has 4 heteroatoms. The van der Waals surface area contributed by atoms with Crippen LogP contribution in [0, 0.1) is 5.82 Å². The average Bonchev–Trinajstić information content (AvgIpc) is 2.54. The van der Waals surface area contributed by atoms with Gasteiger partial charge in [-0.25, -0.2) is 4.39 Å². The molecule has 2 aromatic rings. The molecule has 2 aromatic carbocycles. The van der Waals surface area contributed by atoms with Gasteiger partial charge in [-0.2, -0.15) is 0 Å². The minimum Gasteiger partial charge on any atom is -0.394 e. The van der Waals surface area contributed by atoms with Gasteiger partial charge in [-0.05, 0) is 29.4 Å². The first-order chi connectivity index (χ1) is 10.3. The Balaban J connectivity index is 1.84. The molecule has 1 aliphatic rings. The summed E-state index contributed by atoms with van der Waals surface area (Å²) >= 11 is 1.57. The summed E-state index contributed by atoms with van der Waals surface area (Å²) in [6.45, 7) is 0.0261. The van der Waals surface area contributed by atoms with Gasteiger partial charge < -0.3 is 10.4 Å². The van der Waals surface area contributed by atoms with Crippen molar-refractivity contribution in [2.45, 2.75) is 23.4 Å². The third-order valence-corrected chi connectivity index (χ3v) is 4.97. The maximum atomic E-state index is 13.9. The molecule has 2 atom stereocenters. The molecule has 2 nitrogen and oxygen atoms in total. The van der Waals surface area contributed by atoms with Crippen LogP contribution in [0.4, 0.5) is 4.39 Å². The second kappa shape index (κ2) is 6.60. The van der Waals surface area contributed by atoms with E-state index in [1.165, 1.54) is 6.07 Å². The number of rotatable bonds is 4. The zero-order valence-corrected chi connectivity index (χ0v) is 12.4. The largest absolute Gasteiger partial charge is 0.394 e. The molecule has 21 heavy (non-hydrogen) atoms. The molecule has 1 aliphatic heterocycles. The van der Waals surface area contributed by atoms with Crippen LogP contribution in [-0.2, 0) is 0 Å². The summed E-state index contributed by atoms with van der Waals surface area (Å²) in [6, 6.07) is 15.1. The number of benzene rings is 2. The third kappa shape index (κ3) is 3.12. The first-order valence-electron chi connectivity index (χ1n) is 7.12. The highest BCUT2D eigenvalue weighted by Gasteiger charge is 2.25. The molecule has 2 N–H and O–H groups in total. The number of hydrogen-bond donors (Lipinski definition) is 2. The standard InChI is InChI=1S/C17H18FNOS/c18-14-8-4-7-13-15(9-10-21-17(13)14)19-16(11-20)12-5-2-1-3-6-12/h1-8,15-16,19-20H,9-11H2/t15?,16-/m0/s1. The number of hydrogen-bond acceptors (Lipinski definition) is 3. The van der Waals surface area contributed by atoms with Crippen LogP contribution in [0.15, 0.2) is 53.4 Å². The molecule has 3 rings (SSSR count). The topological polar surface area (TPSA) is 32.3 Å². The highest BCUT2D eigenvalue weighted by Crippen LogP contribution is 2.38. The van der Waals surface area contributed by atoms with E-state index in [0.29, 0.717) is 0 Å². The molecular formula is C17H18FNOS. The normalized spacial score (nSPS) is 19.0. The molecule has 110 valence electrons. The van der Waals surface area contributed by atoms with E-state index in [9.17, 15) is 9.50 Å². The summed E-state index contributed by atoms with van der Waals surface area (Å²) in [7, 11) is 0. The highest BCUT2D eigenvalue weighted by molar-refractivity contribution is 7.99. The van der Waals surface area contributed by atoms with E-state index in [1.54, 1.807) is 17.8 Å². The maximum absolute atomic E-state index is 13.9. The zero-order chi connectivity index (χ0) is 14.7. The number of thioether (sulfide) groups is 1. The molecule has 0 saturated heterocycles. The lowest BCUT2D eigenvalue weighted by Gasteiger charge is -2.30. The molecule has 1 heterocycles. The Morgan fingerprint density at radius 3 is 2.76 bits per heavy atom. The van der Waals surface area contributed by atoms with Crippen LogP contribution < -0.4 is 5.32 Å². The molecule has 1 unspecified atom stereocenters. The van der Waals surface area contributed by atoms with Gasteiger partial charge in [0.1, 0.15) is 5.82 Å². The van der Waals surface area contributed by atoms with E-state index in [4.69, 9.17) is 0 Å². The average molecular weight is 303 g/mol. The van der Waals surface area contributed by atoms with Gasteiger partial charge in [0.05, 0.1) is 12.6 Å². The summed E-state index contributed by atoms with van der Waals surface area (Å²) in [5.74, 6) is 0.739. The number of aliphatic hydroxyl groups excluding tert-OH is 1. The molecule has 0 radical (unpaired) electrons. The predicted molar refractivity (Wildman–Crippen MR) is 83.9 cm³/mol. The Hall–Kier alpha value is -1.36. The SMILES string of the molecule is OC[C@H](NC1CCSc2c(F)cccc21)c1ccccc1. The van der Waals surface area contributed by atoms with Crippen LogP contribution in [-0.4, -0.2) is 17.5 Å². The van der Waals surface area contributed by atoms with Gasteiger partial charge in [-0.1, -0.05) is 42.5 Å². The highest BCUT2D eigenvalue weighted by atomic mass is 32.2. The lowest BCUT2D eigenvalue weighted by molar-refractivity contribution is 0.231. The fourth-order valence-electron chi connectivity index (χ4n) is 2.74. The number of halogens is 1. The van der Waals surface area contributed by atoms with E-state index < -0.39 is 0 Å². The summed E-state index contributed by atoms with van der Waals surface area (Å²) in [4.78, 5) is 0.742. The lowest BCUT2D eigenvalue weighted by atomic mass is 10.00. The van der Waals surface area contributed by atoms with Crippen LogP contribution >= 0.6 is 11.8 Å². The van der Waals surface area contributed by atoms with Crippen LogP contribution in [0.25, 0.3) is 0 Å². The van der Waals surface area contributed by atoms with E-state index in [1.807, 2.05) is 36.4 Å². The van der Waals surface area contributed by atoms with Crippen molar-refractivity contribution >= 4 is 11.8 Å². The molecule has 0 aromatic heterocycles. The summed E-state index contributed by atoms with van der Waals surface area (Å²) in [5, 5.41) is 13.1. The van der Waals surface area contributed by atoms with Gasteiger partial charge in [0.2, 0.25) is 0 Å². The Labute approximate surface area is 128 Å². The lowest BCUT2D eigenvalue weighted by Crippen LogP contribution is -2.31. The summed E-state index contributed by atoms with van der Waals surface area (Å²) in [5.41, 5.74) is 2.05. The van der Waals surface area contributed by atoms with Crippen molar-refractivity contribution in [2.75, 3.05) is 12.4 Å². The minimum absolute atomic E-state index is 0.0261. The third-order valence-electron chi connectivity index (χ3n) is 3.81. The fraction of sp³-hybridized carbons (Fsp3) is 0.294. The van der Waals surface area contributed by atoms with Crippen LogP contribution in [0.5, 0.6) is 0 Å². The molecule has 0 aliphatic carbocycles. The number of fused-ring (bicyclic) bond motifs is 1. The van der Waals surface area contributed by atoms with Gasteiger partial charge in [0.15, 0.2) is 0 Å². The van der Waals surface area contributed by atoms with Gasteiger partial charge >= 0.3 is 0 Å². The van der Waals surface area contributed by atoms with Crippen molar-refractivity contribution in [2.24, 2.45) is 0 Å². The molecule has 0 saturated carbocycles. The van der Waals surface area contributed by atoms with Crippen molar-refractivity contribution < 1.29 is 9.50 Å². The molecular weight excluding hydrogens is 285 g/mol. The minimum atomic E-state index is -0.149. The Morgan fingerprint density at radius 1 is 1.19 bits per heavy atom. The Kier molecular flexibility index (Phi) is 4.58. The second-order valence-electron chi connectivity index (χ2n) is 5.16. The number of nitrogens with one attached hydrogen (secondary N) is 1. The van der Waals surface area contributed by atoms with E-state index >= 15 is 0 Å². The van der Waals surface area contributed by atoms with Crippen molar-refractivity contribution in [1.82, 2.24) is 5.32 Å². The fourth-order valence-corrected chi connectivity index (χ4v) is 3.88. The molecule has 0 amide bonds. The van der Waals surface area contributed by atoms with Gasteiger partial charge in [0.25, 0.3) is 0 Å². The molecule has 0 bridgehead atoms. The Morgan fingerprint density at radius 2 is 2.00 bits per heavy atom. The van der Waals surface area contributed by atoms with Crippen LogP contribution in [0.2, 0.25) is 0 Å². The first kappa shape index (κ1) is 14.6. The van der Waals surface area contributed by atoms with Gasteiger partial charge in [0, 0.05) is 10.9 Å². The second-order valence-corrected chi connectivity index (χ2v) is 6.27. The van der Waals surface area contributed by atoms with Crippen LogP contribution in [0.1, 0.15) is 29.6 Å². The predicted octanol–water partition coefficient (Wildman–Crippen LogP) is 3.69. The van der Waals surface area contributed by atoms with Crippen molar-refractivity contribution in [3.05, 3.63) is 65.5 Å². The maximum Gasteiger partial charge on any atom is 0.137 e. The zero-order valence-electron chi connectivity index (χ0n) is 11.6. The van der Waals surface area contributed by atoms with Gasteiger partial charge in [-0.3, -0.25) is 0 Å². The Bertz CT molecular complexity index is 605. The van der Waals surface area contributed by atoms with Crippen molar-refractivity contribution in [3.8, 4) is 0 Å². The monoisotopic (exact) mass is 303 g/mol. The summed E-state index contributed by atoms with van der Waals surface area (Å²) in [6.07, 6.45) is 0.935. The molecule has 0 fully saturated rings. The van der Waals surface area contributed by atoms with Crippen molar-refractivity contribution in [3.63, 3.8) is 0 Å². The van der Waals surface area contributed by atoms with Crippen molar-refractivity contribution in [1.29, 1.82) is 0 Å². The first-order valence-corrected chi connectivity index (χ1v) is 8.11. The van der Waals surface area contributed by atoms with E-state index in [-0.39, 0.29) is 24.5 Å². The smallest absolute Gasteiger partial charge is 0.137 e. The van der Waals surface area contributed by atoms with Crippen LogP contribution in [0.3, 0.4) is 0 Å². The molecule has 0 spiro atoms. The quantitative estimate of drug-likeness (QED) is 0.903. The number of aliphatic hydroxyl groups is 1. The summed E-state index contributed by atoms with van der Waals surface area (Å²) < 4.78 is 13.9.